The van der Waals surface area contributed by atoms with Crippen LogP contribution in [0.3, 0.4) is 0 Å². The average molecular weight is 838 g/mol. The Bertz CT molecular complexity index is 1780. The topological polar surface area (TPSA) is 120 Å². The van der Waals surface area contributed by atoms with Gasteiger partial charge in [0.2, 0.25) is 0 Å². The van der Waals surface area contributed by atoms with Crippen LogP contribution in [0.25, 0.3) is 0 Å². The third kappa shape index (κ3) is 9.04. The lowest BCUT2D eigenvalue weighted by Crippen LogP contribution is -2.40. The van der Waals surface area contributed by atoms with Crippen molar-refractivity contribution in [3.05, 3.63) is 82.9 Å². The summed E-state index contributed by atoms with van der Waals surface area (Å²) in [7, 11) is 0. The molecule has 0 bridgehead atoms. The standard InChI is InChI=1S/C15H13BrClF4N3O2.C15H14ClF4N3O2/c16-14(18,19)15(20,21)26-10-3-4-11(12(17)5-10)13(25,9-1-2-9)6-24-8-22-7-23-24;16-12-5-10(25-15(19,20)13(17)18)3-4-11(12)14(24,9-1-2-9)6-23-8-21-7-22-23/h3-5,7-9,25H,1-2,6H2;3-5,7-9,13,24H,1-2,6H2. The van der Waals surface area contributed by atoms with Gasteiger partial charge in [-0.2, -0.15) is 45.3 Å². The smallest absolute Gasteiger partial charge is 0.428 e. The number of nitrogens with zero attached hydrogens (tertiary/aromatic N) is 6. The molecular formula is C30H27BrCl2F8N6O4. The Balaban J connectivity index is 0.000000198. The molecule has 10 nitrogen and oxygen atoms in total. The van der Waals surface area contributed by atoms with Crippen LogP contribution < -0.4 is 9.47 Å². The molecule has 0 spiro atoms. The second-order valence-corrected chi connectivity index (χ2v) is 13.8. The van der Waals surface area contributed by atoms with Crippen molar-refractivity contribution in [2.24, 2.45) is 11.8 Å². The van der Waals surface area contributed by atoms with Crippen LogP contribution >= 0.6 is 39.1 Å². The molecule has 0 aliphatic heterocycles. The lowest BCUT2D eigenvalue weighted by atomic mass is 9.88. The number of hydrogen-bond donors (Lipinski definition) is 2. The normalized spacial score (nSPS) is 17.7. The number of halogens is 11. The Labute approximate surface area is 302 Å². The molecular weight excluding hydrogens is 811 g/mol. The van der Waals surface area contributed by atoms with E-state index in [2.05, 4.69) is 29.6 Å². The van der Waals surface area contributed by atoms with Gasteiger partial charge in [-0.3, -0.25) is 0 Å². The second kappa shape index (κ2) is 14.6. The van der Waals surface area contributed by atoms with Gasteiger partial charge in [0.15, 0.2) is 0 Å². The van der Waals surface area contributed by atoms with Crippen molar-refractivity contribution < 1.29 is 54.8 Å². The molecule has 2 heterocycles. The molecule has 2 atom stereocenters. The molecule has 2 fully saturated rings. The van der Waals surface area contributed by atoms with Gasteiger partial charge >= 0.3 is 23.5 Å². The van der Waals surface area contributed by atoms with Crippen molar-refractivity contribution in [2.45, 2.75) is 73.4 Å². The minimum Gasteiger partial charge on any atom is -0.428 e. The Morgan fingerprint density at radius 3 is 1.47 bits per heavy atom. The molecule has 21 heteroatoms. The maximum atomic E-state index is 13.3. The maximum absolute atomic E-state index is 13.3. The van der Waals surface area contributed by atoms with E-state index in [1.54, 1.807) is 15.9 Å². The Morgan fingerprint density at radius 1 is 0.745 bits per heavy atom. The Morgan fingerprint density at radius 2 is 1.16 bits per heavy atom. The van der Waals surface area contributed by atoms with Crippen LogP contribution in [0.15, 0.2) is 61.7 Å². The Hall–Kier alpha value is -3.26. The SMILES string of the molecule is OC(Cn1cncn1)(c1ccc(OC(F)(F)C(F)(F)Br)cc1Cl)C1CC1.OC(Cn1cncn1)(c1ccc(OC(F)(F)C(F)F)cc1Cl)C1CC1. The molecule has 4 aromatic rings. The number of ether oxygens (including phenoxy) is 2. The van der Waals surface area contributed by atoms with Crippen LogP contribution in [-0.2, 0) is 24.3 Å². The summed E-state index contributed by atoms with van der Waals surface area (Å²) in [4.78, 5) is 3.07. The molecule has 2 N–H and O–H groups in total. The minimum absolute atomic E-state index is 0.0583. The number of alkyl halides is 9. The number of rotatable bonds is 14. The van der Waals surface area contributed by atoms with Crippen LogP contribution in [0.5, 0.6) is 11.5 Å². The molecule has 2 aromatic carbocycles. The lowest BCUT2D eigenvalue weighted by molar-refractivity contribution is -0.266. The molecule has 2 aromatic heterocycles. The number of benzene rings is 2. The summed E-state index contributed by atoms with van der Waals surface area (Å²) in [5, 5.41) is 30.0. The minimum atomic E-state index is -4.77. The predicted octanol–water partition coefficient (Wildman–Crippen LogP) is 7.65. The molecule has 2 saturated carbocycles. The quantitative estimate of drug-likeness (QED) is 0.0983. The molecule has 278 valence electrons. The van der Waals surface area contributed by atoms with Gasteiger partial charge in [-0.1, -0.05) is 35.3 Å². The highest BCUT2D eigenvalue weighted by Crippen LogP contribution is 2.50. The molecule has 51 heavy (non-hydrogen) atoms. The van der Waals surface area contributed by atoms with E-state index in [1.165, 1.54) is 46.8 Å². The number of hydrogen-bond acceptors (Lipinski definition) is 8. The zero-order valence-corrected chi connectivity index (χ0v) is 28.9. The summed E-state index contributed by atoms with van der Waals surface area (Å²) >= 11 is 13.8. The molecule has 0 radical (unpaired) electrons. The summed E-state index contributed by atoms with van der Waals surface area (Å²) in [6.45, 7) is 0.137. The summed E-state index contributed by atoms with van der Waals surface area (Å²) in [6.07, 6.45) is -4.83. The monoisotopic (exact) mass is 836 g/mol. The van der Waals surface area contributed by atoms with Gasteiger partial charge in [-0.05, 0) is 61.8 Å². The third-order valence-corrected chi connectivity index (χ3v) is 9.23. The average Bonchev–Trinajstić information content (AvgIpc) is 3.96. The third-order valence-electron chi connectivity index (χ3n) is 8.14. The van der Waals surface area contributed by atoms with Crippen LogP contribution in [-0.4, -0.2) is 63.2 Å². The van der Waals surface area contributed by atoms with E-state index in [0.29, 0.717) is 5.56 Å². The highest BCUT2D eigenvalue weighted by molar-refractivity contribution is 9.10. The number of aliphatic hydroxyl groups is 2. The zero-order chi connectivity index (χ0) is 37.4. The van der Waals surface area contributed by atoms with Crippen LogP contribution in [0.2, 0.25) is 10.0 Å². The van der Waals surface area contributed by atoms with Gasteiger partial charge < -0.3 is 19.7 Å². The largest absolute Gasteiger partial charge is 0.475 e. The first-order valence-electron chi connectivity index (χ1n) is 14.9. The van der Waals surface area contributed by atoms with Crippen LogP contribution in [0.4, 0.5) is 35.1 Å². The first kappa shape index (κ1) is 39.0. The summed E-state index contributed by atoms with van der Waals surface area (Å²) in [6, 6.07) is 6.68. The highest BCUT2D eigenvalue weighted by Gasteiger charge is 2.58. The van der Waals surface area contributed by atoms with Crippen molar-refractivity contribution in [3.8, 4) is 11.5 Å². The van der Waals surface area contributed by atoms with E-state index in [1.807, 2.05) is 0 Å². The Kier molecular flexibility index (Phi) is 11.2. The second-order valence-electron chi connectivity index (χ2n) is 11.9. The molecule has 2 aliphatic rings. The summed E-state index contributed by atoms with van der Waals surface area (Å²) in [5.74, 6) is -1.24. The van der Waals surface area contributed by atoms with Crippen molar-refractivity contribution in [2.75, 3.05) is 0 Å². The molecule has 2 unspecified atom stereocenters. The van der Waals surface area contributed by atoms with E-state index in [4.69, 9.17) is 23.2 Å². The first-order valence-corrected chi connectivity index (χ1v) is 16.5. The number of aromatic nitrogens is 6. The van der Waals surface area contributed by atoms with E-state index in [-0.39, 0.29) is 40.5 Å². The highest BCUT2D eigenvalue weighted by atomic mass is 79.9. The molecule has 0 saturated heterocycles. The fourth-order valence-electron chi connectivity index (χ4n) is 5.34. The molecule has 0 amide bonds. The maximum Gasteiger partial charge on any atom is 0.475 e. The van der Waals surface area contributed by atoms with Gasteiger partial charge in [-0.25, -0.2) is 19.3 Å². The van der Waals surface area contributed by atoms with Crippen molar-refractivity contribution >= 4 is 39.1 Å². The predicted molar refractivity (Wildman–Crippen MR) is 167 cm³/mol. The van der Waals surface area contributed by atoms with Crippen LogP contribution in [0, 0.1) is 11.8 Å². The molecule has 2 aliphatic carbocycles. The van der Waals surface area contributed by atoms with Gasteiger partial charge in [0, 0.05) is 27.1 Å². The van der Waals surface area contributed by atoms with Gasteiger partial charge in [0.05, 0.1) is 23.1 Å². The van der Waals surface area contributed by atoms with Gasteiger partial charge in [0.1, 0.15) is 48.0 Å². The van der Waals surface area contributed by atoms with Gasteiger partial charge in [0.25, 0.3) is 0 Å². The fraction of sp³-hybridized carbons (Fsp3) is 0.467. The first-order chi connectivity index (χ1) is 23.7. The fourth-order valence-corrected chi connectivity index (χ4v) is 6.09. The van der Waals surface area contributed by atoms with Crippen molar-refractivity contribution in [1.82, 2.24) is 29.5 Å². The zero-order valence-electron chi connectivity index (χ0n) is 25.8. The van der Waals surface area contributed by atoms with Crippen molar-refractivity contribution in [1.29, 1.82) is 0 Å². The van der Waals surface area contributed by atoms with E-state index in [9.17, 15) is 45.3 Å². The van der Waals surface area contributed by atoms with Gasteiger partial charge in [-0.15, -0.1) is 0 Å². The van der Waals surface area contributed by atoms with E-state index in [0.717, 1.165) is 49.9 Å². The molecule has 6 rings (SSSR count). The van der Waals surface area contributed by atoms with E-state index >= 15 is 0 Å². The summed E-state index contributed by atoms with van der Waals surface area (Å²) in [5.41, 5.74) is -2.21. The lowest BCUT2D eigenvalue weighted by Gasteiger charge is -2.30. The van der Waals surface area contributed by atoms with Crippen LogP contribution in [0.1, 0.15) is 36.8 Å². The summed E-state index contributed by atoms with van der Waals surface area (Å²) < 4.78 is 114. The van der Waals surface area contributed by atoms with E-state index < -0.39 is 46.2 Å². The van der Waals surface area contributed by atoms with Crippen molar-refractivity contribution in [3.63, 3.8) is 0 Å².